The maximum atomic E-state index is 14.1. The molecule has 1 atom stereocenters. The molecule has 2 aromatic heterocycles. The topological polar surface area (TPSA) is 53.4 Å². The van der Waals surface area contributed by atoms with Crippen LogP contribution < -0.4 is 15.0 Å². The fourth-order valence-corrected chi connectivity index (χ4v) is 7.51. The van der Waals surface area contributed by atoms with Gasteiger partial charge in [-0.15, -0.1) is 11.3 Å². The Kier molecular flexibility index (Phi) is 5.88. The number of thiophene rings is 1. The van der Waals surface area contributed by atoms with E-state index in [-0.39, 0.29) is 17.8 Å². The van der Waals surface area contributed by atoms with Gasteiger partial charge in [0.05, 0.1) is 11.1 Å². The first-order chi connectivity index (χ1) is 17.3. The molecule has 0 saturated heterocycles. The number of aryl methyl sites for hydroxylation is 2. The molecule has 7 heteroatoms. The molecule has 6 rings (SSSR count). The molecule has 2 aromatic carbocycles. The number of rotatable bonds is 4. The van der Waals surface area contributed by atoms with Crippen LogP contribution in [-0.2, 0) is 18.6 Å². The van der Waals surface area contributed by atoms with Gasteiger partial charge in [0.1, 0.15) is 4.83 Å². The molecule has 1 aliphatic heterocycles. The van der Waals surface area contributed by atoms with Crippen LogP contribution in [0.1, 0.15) is 48.8 Å². The van der Waals surface area contributed by atoms with Gasteiger partial charge in [0.2, 0.25) is 6.79 Å². The standard InChI is InChI=1S/C29H30N2O3S2/c1-17-6-5-7-20(12-17)31-27(32)25-21-10-9-19(29(2,3)4)14-24(21)36-26(25)30-28(31)35-15-18-8-11-22-23(13-18)34-16-33-22/h5-8,11-13,19H,9-10,14-16H2,1-4H3/t19-/m1/s1. The summed E-state index contributed by atoms with van der Waals surface area (Å²) < 4.78 is 12.8. The van der Waals surface area contributed by atoms with E-state index < -0.39 is 0 Å². The second kappa shape index (κ2) is 8.96. The summed E-state index contributed by atoms with van der Waals surface area (Å²) in [6.45, 7) is 9.28. The zero-order valence-electron chi connectivity index (χ0n) is 21.1. The molecule has 0 fully saturated rings. The van der Waals surface area contributed by atoms with E-state index in [1.807, 2.05) is 34.9 Å². The molecule has 36 heavy (non-hydrogen) atoms. The van der Waals surface area contributed by atoms with Gasteiger partial charge < -0.3 is 9.47 Å². The summed E-state index contributed by atoms with van der Waals surface area (Å²) in [6, 6.07) is 14.1. The molecular formula is C29H30N2O3S2. The molecule has 0 radical (unpaired) electrons. The second-order valence-corrected chi connectivity index (χ2v) is 12.9. The Hall–Kier alpha value is -2.77. The van der Waals surface area contributed by atoms with Crippen LogP contribution in [0.3, 0.4) is 0 Å². The van der Waals surface area contributed by atoms with Crippen molar-refractivity contribution in [1.82, 2.24) is 9.55 Å². The Morgan fingerprint density at radius 3 is 2.78 bits per heavy atom. The average Bonchev–Trinajstić information content (AvgIpc) is 3.45. The Morgan fingerprint density at radius 1 is 1.14 bits per heavy atom. The van der Waals surface area contributed by atoms with Gasteiger partial charge in [-0.3, -0.25) is 9.36 Å². The fourth-order valence-electron chi connectivity index (χ4n) is 5.22. The highest BCUT2D eigenvalue weighted by atomic mass is 32.2. The van der Waals surface area contributed by atoms with E-state index in [9.17, 15) is 4.79 Å². The van der Waals surface area contributed by atoms with Crippen molar-refractivity contribution < 1.29 is 9.47 Å². The summed E-state index contributed by atoms with van der Waals surface area (Å²) in [5, 5.41) is 1.54. The Balaban J connectivity index is 1.44. The third-order valence-electron chi connectivity index (χ3n) is 7.34. The molecule has 5 nitrogen and oxygen atoms in total. The van der Waals surface area contributed by atoms with E-state index >= 15 is 0 Å². The lowest BCUT2D eigenvalue weighted by atomic mass is 9.72. The smallest absolute Gasteiger partial charge is 0.267 e. The van der Waals surface area contributed by atoms with Crippen LogP contribution in [-0.4, -0.2) is 16.3 Å². The first kappa shape index (κ1) is 23.6. The van der Waals surface area contributed by atoms with Gasteiger partial charge in [-0.25, -0.2) is 4.98 Å². The van der Waals surface area contributed by atoms with Crippen LogP contribution in [0.2, 0.25) is 0 Å². The molecule has 0 amide bonds. The van der Waals surface area contributed by atoms with Crippen molar-refractivity contribution in [3.63, 3.8) is 0 Å². The van der Waals surface area contributed by atoms with Crippen LogP contribution in [0.15, 0.2) is 52.4 Å². The summed E-state index contributed by atoms with van der Waals surface area (Å²) >= 11 is 3.31. The van der Waals surface area contributed by atoms with E-state index in [2.05, 4.69) is 39.8 Å². The number of thioether (sulfide) groups is 1. The lowest BCUT2D eigenvalue weighted by molar-refractivity contribution is 0.174. The summed E-state index contributed by atoms with van der Waals surface area (Å²) in [4.78, 5) is 21.4. The molecule has 2 aliphatic rings. The molecule has 0 spiro atoms. The summed E-state index contributed by atoms with van der Waals surface area (Å²) in [6.07, 6.45) is 3.10. The number of benzene rings is 2. The van der Waals surface area contributed by atoms with Crippen LogP contribution >= 0.6 is 23.1 Å². The van der Waals surface area contributed by atoms with E-state index in [4.69, 9.17) is 14.5 Å². The Labute approximate surface area is 219 Å². The number of ether oxygens (including phenoxy) is 2. The monoisotopic (exact) mass is 518 g/mol. The lowest BCUT2D eigenvalue weighted by Gasteiger charge is -2.33. The molecule has 186 valence electrons. The Bertz CT molecular complexity index is 1530. The number of hydrogen-bond donors (Lipinski definition) is 0. The maximum Gasteiger partial charge on any atom is 0.267 e. The number of nitrogens with zero attached hydrogens (tertiary/aromatic N) is 2. The molecular weight excluding hydrogens is 488 g/mol. The predicted octanol–water partition coefficient (Wildman–Crippen LogP) is 6.93. The largest absolute Gasteiger partial charge is 0.454 e. The lowest BCUT2D eigenvalue weighted by Crippen LogP contribution is -2.27. The van der Waals surface area contributed by atoms with Crippen LogP contribution in [0.25, 0.3) is 15.9 Å². The third kappa shape index (κ3) is 4.22. The van der Waals surface area contributed by atoms with Crippen LogP contribution in [0.5, 0.6) is 11.5 Å². The predicted molar refractivity (Wildman–Crippen MR) is 147 cm³/mol. The van der Waals surface area contributed by atoms with Crippen molar-refractivity contribution >= 4 is 33.3 Å². The van der Waals surface area contributed by atoms with Crippen molar-refractivity contribution in [2.24, 2.45) is 11.3 Å². The SMILES string of the molecule is Cc1cccc(-n2c(SCc3ccc4c(c3)OCO4)nc3sc4c(c3c2=O)CC[C@@H](C(C)(C)C)C4)c1. The van der Waals surface area contributed by atoms with E-state index in [0.717, 1.165) is 62.9 Å². The summed E-state index contributed by atoms with van der Waals surface area (Å²) in [5.41, 5.74) is 4.62. The molecule has 1 aliphatic carbocycles. The fraction of sp³-hybridized carbons (Fsp3) is 0.379. The zero-order valence-corrected chi connectivity index (χ0v) is 22.7. The number of aromatic nitrogens is 2. The van der Waals surface area contributed by atoms with E-state index in [1.54, 1.807) is 23.1 Å². The van der Waals surface area contributed by atoms with Crippen molar-refractivity contribution in [2.75, 3.05) is 6.79 Å². The van der Waals surface area contributed by atoms with E-state index in [1.165, 1.54) is 10.4 Å². The maximum absolute atomic E-state index is 14.1. The minimum Gasteiger partial charge on any atom is -0.454 e. The number of fused-ring (bicyclic) bond motifs is 4. The van der Waals surface area contributed by atoms with Crippen molar-refractivity contribution in [1.29, 1.82) is 0 Å². The highest BCUT2D eigenvalue weighted by Gasteiger charge is 2.32. The summed E-state index contributed by atoms with van der Waals surface area (Å²) in [7, 11) is 0. The first-order valence-electron chi connectivity index (χ1n) is 12.4. The molecule has 0 saturated carbocycles. The molecule has 4 aromatic rings. The third-order valence-corrected chi connectivity index (χ3v) is 9.50. The van der Waals surface area contributed by atoms with Crippen molar-refractivity contribution in [2.45, 2.75) is 57.9 Å². The molecule has 0 unspecified atom stereocenters. The van der Waals surface area contributed by atoms with Crippen molar-refractivity contribution in [3.8, 4) is 17.2 Å². The van der Waals surface area contributed by atoms with Crippen LogP contribution in [0.4, 0.5) is 0 Å². The molecule has 0 N–H and O–H groups in total. The number of hydrogen-bond acceptors (Lipinski definition) is 6. The zero-order chi connectivity index (χ0) is 25.0. The Morgan fingerprint density at radius 2 is 1.97 bits per heavy atom. The summed E-state index contributed by atoms with van der Waals surface area (Å²) in [5.74, 6) is 2.85. The van der Waals surface area contributed by atoms with Gasteiger partial charge in [0.15, 0.2) is 16.7 Å². The van der Waals surface area contributed by atoms with Crippen molar-refractivity contribution in [3.05, 3.63) is 74.4 Å². The highest BCUT2D eigenvalue weighted by molar-refractivity contribution is 7.98. The normalized spacial score (nSPS) is 16.9. The quantitative estimate of drug-likeness (QED) is 0.217. The van der Waals surface area contributed by atoms with Gasteiger partial charge in [-0.05, 0) is 78.5 Å². The van der Waals surface area contributed by atoms with Gasteiger partial charge in [-0.1, -0.05) is 50.7 Å². The van der Waals surface area contributed by atoms with Gasteiger partial charge in [0, 0.05) is 10.6 Å². The minimum atomic E-state index is 0.0468. The molecule has 0 bridgehead atoms. The van der Waals surface area contributed by atoms with Gasteiger partial charge in [0.25, 0.3) is 5.56 Å². The van der Waals surface area contributed by atoms with Crippen LogP contribution in [0, 0.1) is 18.3 Å². The minimum absolute atomic E-state index is 0.0468. The first-order valence-corrected chi connectivity index (χ1v) is 14.2. The molecule has 3 heterocycles. The van der Waals surface area contributed by atoms with Gasteiger partial charge in [-0.2, -0.15) is 0 Å². The van der Waals surface area contributed by atoms with E-state index in [0.29, 0.717) is 11.7 Å². The average molecular weight is 519 g/mol. The highest BCUT2D eigenvalue weighted by Crippen LogP contribution is 2.43. The van der Waals surface area contributed by atoms with Gasteiger partial charge >= 0.3 is 0 Å². The second-order valence-electron chi connectivity index (χ2n) is 10.8.